The largest absolute Gasteiger partial charge is 0.120 e. The Balaban J connectivity index is 2.99. The fraction of sp³-hybridized carbons (Fsp3) is 1.00. The molecule has 0 nitrogen and oxygen atoms in total. The van der Waals surface area contributed by atoms with E-state index in [1.807, 2.05) is 0 Å². The molecule has 0 N–H and O–H groups in total. The molecule has 0 rings (SSSR count). The summed E-state index contributed by atoms with van der Waals surface area (Å²) in [5.74, 6) is 0. The smallest absolute Gasteiger partial charge is 0.0390 e. The lowest BCUT2D eigenvalue weighted by molar-refractivity contribution is 0.518. The number of hydrogen-bond acceptors (Lipinski definition) is 0. The van der Waals surface area contributed by atoms with Crippen LogP contribution in [0, 0.1) is 0 Å². The summed E-state index contributed by atoms with van der Waals surface area (Å²) in [5, 5.41) is 0. The first-order valence-corrected chi connectivity index (χ1v) is 8.63. The molecule has 1 heteroatoms. The van der Waals surface area contributed by atoms with Crippen LogP contribution in [0.3, 0.4) is 0 Å². The first-order chi connectivity index (χ1) is 8.56. The Labute approximate surface area is 121 Å². The van der Waals surface area contributed by atoms with E-state index in [0.29, 0.717) is 0 Å². The number of halogens is 1. The Morgan fingerprint density at radius 2 is 0.944 bits per heavy atom. The van der Waals surface area contributed by atoms with Crippen LogP contribution in [0.1, 0.15) is 104 Å². The van der Waals surface area contributed by atoms with E-state index in [1.165, 1.54) is 77.0 Å². The highest BCUT2D eigenvalue weighted by molar-refractivity contribution is 6.23. The molecule has 0 bridgehead atoms. The van der Waals surface area contributed by atoms with Gasteiger partial charge in [-0.3, -0.25) is 0 Å². The fourth-order valence-corrected chi connectivity index (χ4v) is 2.52. The zero-order chi connectivity index (χ0) is 13.7. The van der Waals surface area contributed by atoms with E-state index in [4.69, 9.17) is 11.6 Å². The van der Waals surface area contributed by atoms with Crippen LogP contribution in [0.2, 0.25) is 0 Å². The van der Waals surface area contributed by atoms with Crippen molar-refractivity contribution in [3.05, 3.63) is 0 Å². The molecule has 0 aliphatic carbocycles. The zero-order valence-corrected chi connectivity index (χ0v) is 13.8. The number of rotatable bonds is 13. The van der Waals surface area contributed by atoms with Crippen LogP contribution >= 0.6 is 11.6 Å². The molecule has 0 spiro atoms. The lowest BCUT2D eigenvalue weighted by Gasteiger charge is -2.14. The van der Waals surface area contributed by atoms with Crippen molar-refractivity contribution >= 4 is 11.6 Å². The van der Waals surface area contributed by atoms with Crippen LogP contribution < -0.4 is 0 Å². The van der Waals surface area contributed by atoms with Gasteiger partial charge in [0.25, 0.3) is 0 Å². The summed E-state index contributed by atoms with van der Waals surface area (Å²) in [6.45, 7) is 6.52. The molecule has 18 heavy (non-hydrogen) atoms. The molecule has 0 saturated carbocycles. The minimum Gasteiger partial charge on any atom is -0.120 e. The minimum absolute atomic E-state index is 0.0124. The van der Waals surface area contributed by atoms with Gasteiger partial charge in [0.1, 0.15) is 0 Å². The lowest BCUT2D eigenvalue weighted by atomic mass is 10.0. The predicted molar refractivity (Wildman–Crippen MR) is 85.6 cm³/mol. The first-order valence-electron chi connectivity index (χ1n) is 8.25. The van der Waals surface area contributed by atoms with Crippen molar-refractivity contribution < 1.29 is 0 Å². The maximum absolute atomic E-state index is 6.17. The van der Waals surface area contributed by atoms with Crippen molar-refractivity contribution in [2.75, 3.05) is 0 Å². The van der Waals surface area contributed by atoms with E-state index in [9.17, 15) is 0 Å². The van der Waals surface area contributed by atoms with Crippen LogP contribution in [0.15, 0.2) is 0 Å². The van der Waals surface area contributed by atoms with E-state index < -0.39 is 0 Å². The second-order valence-electron chi connectivity index (χ2n) is 6.36. The molecule has 0 aliphatic heterocycles. The van der Waals surface area contributed by atoms with Crippen LogP contribution in [-0.4, -0.2) is 4.87 Å². The topological polar surface area (TPSA) is 0 Å². The van der Waals surface area contributed by atoms with E-state index in [1.54, 1.807) is 0 Å². The van der Waals surface area contributed by atoms with Crippen molar-refractivity contribution in [2.24, 2.45) is 0 Å². The molecule has 0 amide bonds. The Bertz CT molecular complexity index is 157. The molecule has 0 heterocycles. The van der Waals surface area contributed by atoms with Gasteiger partial charge in [-0.1, -0.05) is 84.0 Å². The first kappa shape index (κ1) is 18.3. The van der Waals surface area contributed by atoms with E-state index >= 15 is 0 Å². The average Bonchev–Trinajstić information content (AvgIpc) is 2.29. The van der Waals surface area contributed by atoms with Gasteiger partial charge in [-0.2, -0.15) is 0 Å². The summed E-state index contributed by atoms with van der Waals surface area (Å²) in [5.41, 5.74) is 0. The SMILES string of the molecule is CCCCCCCCCCCCCCC(C)(C)Cl. The fourth-order valence-electron chi connectivity index (χ4n) is 2.39. The molecule has 110 valence electrons. The van der Waals surface area contributed by atoms with E-state index in [2.05, 4.69) is 20.8 Å². The third kappa shape index (κ3) is 16.3. The third-order valence-corrected chi connectivity index (χ3v) is 3.81. The second-order valence-corrected chi connectivity index (χ2v) is 7.38. The molecular weight excluding hydrogens is 240 g/mol. The molecular formula is C17H35Cl. The van der Waals surface area contributed by atoms with Gasteiger partial charge < -0.3 is 0 Å². The Morgan fingerprint density at radius 1 is 0.611 bits per heavy atom. The maximum atomic E-state index is 6.17. The monoisotopic (exact) mass is 274 g/mol. The van der Waals surface area contributed by atoms with Gasteiger partial charge >= 0.3 is 0 Å². The Morgan fingerprint density at radius 3 is 1.28 bits per heavy atom. The molecule has 0 unspecified atom stereocenters. The minimum atomic E-state index is 0.0124. The number of hydrogen-bond donors (Lipinski definition) is 0. The highest BCUT2D eigenvalue weighted by Gasteiger charge is 2.11. The molecule has 0 aliphatic rings. The summed E-state index contributed by atoms with van der Waals surface area (Å²) in [4.78, 5) is 0.0124. The quantitative estimate of drug-likeness (QED) is 0.248. The molecule has 0 atom stereocenters. The van der Waals surface area contributed by atoms with Gasteiger partial charge in [0.15, 0.2) is 0 Å². The Kier molecular flexibility index (Phi) is 12.5. The summed E-state index contributed by atoms with van der Waals surface area (Å²) >= 11 is 6.17. The van der Waals surface area contributed by atoms with Crippen LogP contribution in [-0.2, 0) is 0 Å². The molecule has 0 aromatic rings. The summed E-state index contributed by atoms with van der Waals surface area (Å²) < 4.78 is 0. The van der Waals surface area contributed by atoms with Gasteiger partial charge in [0.05, 0.1) is 0 Å². The molecule has 0 radical (unpaired) electrons. The summed E-state index contributed by atoms with van der Waals surface area (Å²) in [6, 6.07) is 0. The average molecular weight is 275 g/mol. The third-order valence-electron chi connectivity index (χ3n) is 3.62. The van der Waals surface area contributed by atoms with Crippen molar-refractivity contribution in [1.82, 2.24) is 0 Å². The van der Waals surface area contributed by atoms with E-state index in [-0.39, 0.29) is 4.87 Å². The van der Waals surface area contributed by atoms with Gasteiger partial charge in [0, 0.05) is 4.87 Å². The Hall–Kier alpha value is 0.290. The predicted octanol–water partition coefficient (Wildman–Crippen LogP) is 7.10. The van der Waals surface area contributed by atoms with Crippen molar-refractivity contribution in [3.8, 4) is 0 Å². The standard InChI is InChI=1S/C17H35Cl/c1-4-5-6-7-8-9-10-11-12-13-14-15-16-17(2,3)18/h4-16H2,1-3H3. The number of alkyl halides is 1. The lowest BCUT2D eigenvalue weighted by Crippen LogP contribution is -2.08. The molecule has 0 aromatic carbocycles. The molecule has 0 fully saturated rings. The van der Waals surface area contributed by atoms with Crippen molar-refractivity contribution in [2.45, 2.75) is 109 Å². The second kappa shape index (κ2) is 12.3. The highest BCUT2D eigenvalue weighted by atomic mass is 35.5. The summed E-state index contributed by atoms with van der Waals surface area (Å²) in [7, 11) is 0. The van der Waals surface area contributed by atoms with Gasteiger partial charge in [-0.15, -0.1) is 11.6 Å². The van der Waals surface area contributed by atoms with Crippen LogP contribution in [0.4, 0.5) is 0 Å². The van der Waals surface area contributed by atoms with Crippen LogP contribution in [0.25, 0.3) is 0 Å². The van der Waals surface area contributed by atoms with Gasteiger partial charge in [0.2, 0.25) is 0 Å². The maximum Gasteiger partial charge on any atom is 0.0390 e. The van der Waals surface area contributed by atoms with Crippen LogP contribution in [0.5, 0.6) is 0 Å². The molecule has 0 saturated heterocycles. The van der Waals surface area contributed by atoms with Crippen molar-refractivity contribution in [1.29, 1.82) is 0 Å². The molecule has 0 aromatic heterocycles. The van der Waals surface area contributed by atoms with Crippen molar-refractivity contribution in [3.63, 3.8) is 0 Å². The van der Waals surface area contributed by atoms with E-state index in [0.717, 1.165) is 6.42 Å². The normalized spacial score (nSPS) is 12.0. The van der Waals surface area contributed by atoms with Gasteiger partial charge in [-0.05, 0) is 20.3 Å². The van der Waals surface area contributed by atoms with Gasteiger partial charge in [-0.25, -0.2) is 0 Å². The summed E-state index contributed by atoms with van der Waals surface area (Å²) in [6.07, 6.45) is 18.2. The number of unbranched alkanes of at least 4 members (excludes halogenated alkanes) is 11. The zero-order valence-electron chi connectivity index (χ0n) is 13.1. The highest BCUT2D eigenvalue weighted by Crippen LogP contribution is 2.21.